The molecule has 9 nitrogen and oxygen atoms in total. The van der Waals surface area contributed by atoms with Gasteiger partial charge < -0.3 is 15.1 Å². The van der Waals surface area contributed by atoms with Gasteiger partial charge in [0.2, 0.25) is 5.91 Å². The number of amides is 1. The summed E-state index contributed by atoms with van der Waals surface area (Å²) >= 11 is 0. The smallest absolute Gasteiger partial charge is 0.317 e. The van der Waals surface area contributed by atoms with Crippen molar-refractivity contribution in [1.29, 1.82) is 10.5 Å². The van der Waals surface area contributed by atoms with Crippen molar-refractivity contribution in [3.05, 3.63) is 0 Å². The van der Waals surface area contributed by atoms with Crippen LogP contribution in [0.5, 0.6) is 0 Å². The first kappa shape index (κ1) is 18.4. The lowest BCUT2D eigenvalue weighted by Crippen LogP contribution is -2.44. The monoisotopic (exact) mass is 296 g/mol. The number of nitriles is 2. The van der Waals surface area contributed by atoms with Crippen LogP contribution in [0.4, 0.5) is 0 Å². The molecule has 0 saturated carbocycles. The molecule has 0 aromatic rings. The van der Waals surface area contributed by atoms with Gasteiger partial charge in [-0.25, -0.2) is 0 Å². The van der Waals surface area contributed by atoms with Crippen molar-refractivity contribution in [1.82, 2.24) is 9.80 Å². The maximum Gasteiger partial charge on any atom is 0.317 e. The quantitative estimate of drug-likeness (QED) is 0.528. The lowest BCUT2D eigenvalue weighted by atomic mass is 10.3. The molecule has 0 aliphatic carbocycles. The van der Waals surface area contributed by atoms with Gasteiger partial charge in [-0.2, -0.15) is 10.5 Å². The van der Waals surface area contributed by atoms with Crippen molar-refractivity contribution in [2.75, 3.05) is 32.7 Å². The Kier molecular flexibility index (Phi) is 8.89. The lowest BCUT2D eigenvalue weighted by Gasteiger charge is -2.24. The Labute approximate surface area is 121 Å². The molecule has 9 heteroatoms. The van der Waals surface area contributed by atoms with Crippen LogP contribution in [0.1, 0.15) is 12.8 Å². The number of carbonyl (C=O) groups is 3. The first-order valence-electron chi connectivity index (χ1n) is 6.08. The minimum atomic E-state index is -1.25. The van der Waals surface area contributed by atoms with Crippen molar-refractivity contribution in [2.45, 2.75) is 12.8 Å². The first-order chi connectivity index (χ1) is 9.90. The summed E-state index contributed by atoms with van der Waals surface area (Å²) in [5.74, 6) is -3.00. The molecule has 0 aromatic carbocycles. The zero-order chi connectivity index (χ0) is 16.3. The Balaban J connectivity index is 4.71. The van der Waals surface area contributed by atoms with Crippen molar-refractivity contribution in [2.24, 2.45) is 0 Å². The highest BCUT2D eigenvalue weighted by molar-refractivity contribution is 5.80. The third kappa shape index (κ3) is 8.97. The van der Waals surface area contributed by atoms with Gasteiger partial charge in [-0.3, -0.25) is 19.3 Å². The SMILES string of the molecule is N#CCCN(CCC#N)C(=O)CN(CC(=O)O)CC(=O)O. The molecule has 2 N–H and O–H groups in total. The molecule has 0 fully saturated rings. The largest absolute Gasteiger partial charge is 0.480 e. The number of hydrogen-bond donors (Lipinski definition) is 2. The van der Waals surface area contributed by atoms with Gasteiger partial charge in [-0.1, -0.05) is 0 Å². The van der Waals surface area contributed by atoms with Gasteiger partial charge >= 0.3 is 11.9 Å². The molecule has 0 aromatic heterocycles. The summed E-state index contributed by atoms with van der Waals surface area (Å²) in [6.45, 7) is -1.32. The minimum absolute atomic E-state index is 0.0784. The van der Waals surface area contributed by atoms with E-state index in [9.17, 15) is 14.4 Å². The van der Waals surface area contributed by atoms with Gasteiger partial charge in [0.15, 0.2) is 0 Å². The second kappa shape index (κ2) is 10.2. The highest BCUT2D eigenvalue weighted by atomic mass is 16.4. The highest BCUT2D eigenvalue weighted by Crippen LogP contribution is 1.99. The Morgan fingerprint density at radius 3 is 1.62 bits per heavy atom. The Morgan fingerprint density at radius 2 is 1.29 bits per heavy atom. The van der Waals surface area contributed by atoms with Crippen LogP contribution in [-0.4, -0.2) is 70.6 Å². The van der Waals surface area contributed by atoms with Crippen LogP contribution in [0.2, 0.25) is 0 Å². The number of carboxylic acid groups (broad SMARTS) is 2. The van der Waals surface area contributed by atoms with E-state index in [1.807, 2.05) is 12.1 Å². The average Bonchev–Trinajstić information content (AvgIpc) is 2.37. The number of aliphatic carboxylic acids is 2. The molecule has 0 radical (unpaired) electrons. The molecular formula is C12H16N4O5. The predicted octanol–water partition coefficient (Wildman–Crippen LogP) is -0.886. The first-order valence-corrected chi connectivity index (χ1v) is 6.08. The molecule has 21 heavy (non-hydrogen) atoms. The summed E-state index contributed by atoms with van der Waals surface area (Å²) in [4.78, 5) is 35.5. The molecule has 0 spiro atoms. The van der Waals surface area contributed by atoms with Crippen LogP contribution >= 0.6 is 0 Å². The van der Waals surface area contributed by atoms with E-state index in [0.29, 0.717) is 0 Å². The number of carboxylic acids is 2. The van der Waals surface area contributed by atoms with Crippen molar-refractivity contribution < 1.29 is 24.6 Å². The van der Waals surface area contributed by atoms with Crippen LogP contribution in [0.3, 0.4) is 0 Å². The summed E-state index contributed by atoms with van der Waals surface area (Å²) < 4.78 is 0. The van der Waals surface area contributed by atoms with Gasteiger partial charge in [0.1, 0.15) is 0 Å². The Bertz CT molecular complexity index is 431. The molecular weight excluding hydrogens is 280 g/mol. The van der Waals surface area contributed by atoms with E-state index >= 15 is 0 Å². The fraction of sp³-hybridized carbons (Fsp3) is 0.583. The summed E-state index contributed by atoms with van der Waals surface area (Å²) in [5, 5.41) is 34.4. The van der Waals surface area contributed by atoms with E-state index in [4.69, 9.17) is 20.7 Å². The molecule has 0 bridgehead atoms. The van der Waals surface area contributed by atoms with Crippen molar-refractivity contribution >= 4 is 17.8 Å². The van der Waals surface area contributed by atoms with E-state index in [1.54, 1.807) is 0 Å². The van der Waals surface area contributed by atoms with Crippen molar-refractivity contribution in [3.8, 4) is 12.1 Å². The van der Waals surface area contributed by atoms with Crippen LogP contribution < -0.4 is 0 Å². The maximum absolute atomic E-state index is 12.0. The van der Waals surface area contributed by atoms with Gasteiger partial charge in [-0.05, 0) is 0 Å². The van der Waals surface area contributed by atoms with Gasteiger partial charge in [0.05, 0.1) is 44.6 Å². The highest BCUT2D eigenvalue weighted by Gasteiger charge is 2.20. The molecule has 0 unspecified atom stereocenters. The van der Waals surface area contributed by atoms with Gasteiger partial charge in [0, 0.05) is 13.1 Å². The van der Waals surface area contributed by atoms with E-state index in [1.165, 1.54) is 4.90 Å². The van der Waals surface area contributed by atoms with E-state index in [2.05, 4.69) is 0 Å². The van der Waals surface area contributed by atoms with Crippen LogP contribution in [-0.2, 0) is 14.4 Å². The van der Waals surface area contributed by atoms with Crippen LogP contribution in [0.25, 0.3) is 0 Å². The molecule has 0 heterocycles. The molecule has 0 aliphatic heterocycles. The minimum Gasteiger partial charge on any atom is -0.480 e. The average molecular weight is 296 g/mol. The van der Waals surface area contributed by atoms with Crippen molar-refractivity contribution in [3.63, 3.8) is 0 Å². The van der Waals surface area contributed by atoms with Crippen LogP contribution in [0, 0.1) is 22.7 Å². The van der Waals surface area contributed by atoms with Gasteiger partial charge in [0.25, 0.3) is 0 Å². The normalized spacial score (nSPS) is 9.67. The molecule has 0 saturated heterocycles. The molecule has 114 valence electrons. The van der Waals surface area contributed by atoms with Gasteiger partial charge in [-0.15, -0.1) is 0 Å². The fourth-order valence-corrected chi connectivity index (χ4v) is 1.57. The zero-order valence-electron chi connectivity index (χ0n) is 11.4. The number of hydrogen-bond acceptors (Lipinski definition) is 6. The number of nitrogens with zero attached hydrogens (tertiary/aromatic N) is 4. The molecule has 0 rings (SSSR count). The van der Waals surface area contributed by atoms with Crippen LogP contribution in [0.15, 0.2) is 0 Å². The third-order valence-corrected chi connectivity index (χ3v) is 2.42. The summed E-state index contributed by atoms with van der Waals surface area (Å²) in [7, 11) is 0. The molecule has 0 aliphatic rings. The summed E-state index contributed by atoms with van der Waals surface area (Å²) in [6.07, 6.45) is 0.157. The molecule has 0 atom stereocenters. The topological polar surface area (TPSA) is 146 Å². The van der Waals surface area contributed by atoms with E-state index in [0.717, 1.165) is 4.90 Å². The number of rotatable bonds is 10. The maximum atomic E-state index is 12.0. The fourth-order valence-electron chi connectivity index (χ4n) is 1.57. The van der Waals surface area contributed by atoms with E-state index in [-0.39, 0.29) is 25.9 Å². The van der Waals surface area contributed by atoms with E-state index < -0.39 is 37.5 Å². The zero-order valence-corrected chi connectivity index (χ0v) is 11.4. The Morgan fingerprint density at radius 1 is 0.857 bits per heavy atom. The second-order valence-corrected chi connectivity index (χ2v) is 4.13. The standard InChI is InChI=1S/C12H16N4O5/c13-3-1-5-16(6-2-4-14)10(17)7-15(8-11(18)19)9-12(20)21/h1-2,5-9H2,(H,18,19)(H,20,21). The summed E-state index contributed by atoms with van der Waals surface area (Å²) in [5.41, 5.74) is 0. The number of carbonyl (C=O) groups excluding carboxylic acids is 1. The third-order valence-electron chi connectivity index (χ3n) is 2.42. The molecule has 1 amide bonds. The second-order valence-electron chi connectivity index (χ2n) is 4.13. The summed E-state index contributed by atoms with van der Waals surface area (Å²) in [6, 6.07) is 3.74. The Hall–Kier alpha value is -2.65. The lowest BCUT2D eigenvalue weighted by molar-refractivity contribution is -0.143. The predicted molar refractivity (Wildman–Crippen MR) is 68.8 cm³/mol.